The fraction of sp³-hybridized carbons (Fsp3) is 1.00. The van der Waals surface area contributed by atoms with Crippen LogP contribution in [-0.4, -0.2) is 21.1 Å². The van der Waals surface area contributed by atoms with Crippen molar-refractivity contribution in [2.24, 2.45) is 0 Å². The zero-order valence-corrected chi connectivity index (χ0v) is 9.35. The van der Waals surface area contributed by atoms with Crippen molar-refractivity contribution >= 4 is 45.5 Å². The Kier molecular flexibility index (Phi) is 7.70. The van der Waals surface area contributed by atoms with Crippen molar-refractivity contribution in [3.05, 3.63) is 0 Å². The molecule has 0 aliphatic heterocycles. The van der Waals surface area contributed by atoms with Crippen LogP contribution in [0, 0.1) is 0 Å². The summed E-state index contributed by atoms with van der Waals surface area (Å²) in [5.41, 5.74) is 0. The average molecular weight is 339 g/mol. The van der Waals surface area contributed by atoms with E-state index in [-0.39, 0.29) is 0 Å². The van der Waals surface area contributed by atoms with Gasteiger partial charge >= 0.3 is 0 Å². The van der Waals surface area contributed by atoms with Crippen molar-refractivity contribution < 1.29 is 0 Å². The number of nitrogens with zero attached hydrogens (tertiary/aromatic N) is 1. The van der Waals surface area contributed by atoms with Gasteiger partial charge in [-0.3, -0.25) is 3.11 Å². The lowest BCUT2D eigenvalue weighted by molar-refractivity contribution is 0.576. The number of unbranched alkanes of at least 4 members (excludes halogenated alkanes) is 1. The fourth-order valence-corrected chi connectivity index (χ4v) is 1.30. The normalized spacial score (nSPS) is 10.5. The van der Waals surface area contributed by atoms with E-state index < -0.39 is 0 Å². The number of alkyl halides is 1. The first-order valence-corrected chi connectivity index (χ1v) is 5.19. The molecule has 1 nitrogen and oxygen atoms in total. The minimum absolute atomic E-state index is 1.23. The first-order chi connectivity index (χ1) is 3.77. The molecule has 0 fully saturated rings. The predicted octanol–water partition coefficient (Wildman–Crippen LogP) is 2.48. The molecule has 8 heavy (non-hydrogen) atoms. The Morgan fingerprint density at radius 3 is 2.38 bits per heavy atom. The highest BCUT2D eigenvalue weighted by molar-refractivity contribution is 14.1. The first-order valence-electron chi connectivity index (χ1n) is 2.70. The van der Waals surface area contributed by atoms with Crippen molar-refractivity contribution in [3.8, 4) is 0 Å². The standard InChI is InChI=1S/C5H11I2N/c1-8(7)5-3-2-4-6/h2-5H2,1H3. The van der Waals surface area contributed by atoms with E-state index in [2.05, 4.69) is 55.6 Å². The van der Waals surface area contributed by atoms with Gasteiger partial charge in [0.1, 0.15) is 0 Å². The molecule has 0 aliphatic carbocycles. The monoisotopic (exact) mass is 339 g/mol. The SMILES string of the molecule is CN(I)CCCCI. The third kappa shape index (κ3) is 7.42. The van der Waals surface area contributed by atoms with Gasteiger partial charge in [-0.25, -0.2) is 0 Å². The Bertz CT molecular complexity index is 47.7. The Hall–Kier alpha value is 1.42. The van der Waals surface area contributed by atoms with Crippen LogP contribution in [-0.2, 0) is 0 Å². The van der Waals surface area contributed by atoms with E-state index in [0.29, 0.717) is 0 Å². The topological polar surface area (TPSA) is 3.24 Å². The smallest absolute Gasteiger partial charge is 0.0198 e. The van der Waals surface area contributed by atoms with Crippen LogP contribution < -0.4 is 0 Å². The zero-order chi connectivity index (χ0) is 6.41. The van der Waals surface area contributed by atoms with Gasteiger partial charge in [0.15, 0.2) is 0 Å². The van der Waals surface area contributed by atoms with Gasteiger partial charge in [-0.15, -0.1) is 0 Å². The summed E-state index contributed by atoms with van der Waals surface area (Å²) >= 11 is 4.73. The second-order valence-electron chi connectivity index (χ2n) is 1.72. The van der Waals surface area contributed by atoms with Gasteiger partial charge in [-0.2, -0.15) is 0 Å². The van der Waals surface area contributed by atoms with Crippen LogP contribution in [0.4, 0.5) is 0 Å². The molecule has 50 valence electrons. The number of hydrogen-bond acceptors (Lipinski definition) is 1. The molecule has 0 radical (unpaired) electrons. The maximum Gasteiger partial charge on any atom is 0.0198 e. The van der Waals surface area contributed by atoms with E-state index in [4.69, 9.17) is 0 Å². The highest BCUT2D eigenvalue weighted by atomic mass is 127. The average Bonchev–Trinajstić information content (AvgIpc) is 1.66. The first kappa shape index (κ1) is 9.42. The van der Waals surface area contributed by atoms with Gasteiger partial charge in [0, 0.05) is 29.4 Å². The minimum atomic E-state index is 1.23. The molecule has 3 heteroatoms. The summed E-state index contributed by atoms with van der Waals surface area (Å²) in [7, 11) is 2.10. The number of rotatable bonds is 4. The Balaban J connectivity index is 2.72. The van der Waals surface area contributed by atoms with Gasteiger partial charge < -0.3 is 0 Å². The second kappa shape index (κ2) is 6.54. The van der Waals surface area contributed by atoms with Crippen molar-refractivity contribution in [2.75, 3.05) is 18.0 Å². The van der Waals surface area contributed by atoms with Crippen LogP contribution in [0.5, 0.6) is 0 Å². The van der Waals surface area contributed by atoms with Crippen molar-refractivity contribution in [2.45, 2.75) is 12.8 Å². The van der Waals surface area contributed by atoms with Crippen LogP contribution in [0.1, 0.15) is 12.8 Å². The second-order valence-corrected chi connectivity index (χ2v) is 4.45. The molecule has 0 spiro atoms. The summed E-state index contributed by atoms with van der Waals surface area (Å²) in [5.74, 6) is 0. The van der Waals surface area contributed by atoms with Crippen LogP contribution >= 0.6 is 45.5 Å². The molecule has 0 saturated carbocycles. The highest BCUT2D eigenvalue weighted by Crippen LogP contribution is 1.99. The minimum Gasteiger partial charge on any atom is -0.251 e. The van der Waals surface area contributed by atoms with Crippen molar-refractivity contribution in [1.29, 1.82) is 0 Å². The molecule has 0 aromatic heterocycles. The quantitative estimate of drug-likeness (QED) is 0.329. The Morgan fingerprint density at radius 2 is 2.00 bits per heavy atom. The van der Waals surface area contributed by atoms with Crippen molar-refractivity contribution in [3.63, 3.8) is 0 Å². The number of hydrogen-bond donors (Lipinski definition) is 0. The molecule has 0 unspecified atom stereocenters. The van der Waals surface area contributed by atoms with E-state index in [1.807, 2.05) is 0 Å². The van der Waals surface area contributed by atoms with E-state index in [0.717, 1.165) is 0 Å². The van der Waals surface area contributed by atoms with Gasteiger partial charge in [-0.1, -0.05) is 22.6 Å². The number of halogens is 2. The molecule has 0 N–H and O–H groups in total. The Labute approximate surface area is 78.8 Å². The summed E-state index contributed by atoms with van der Waals surface area (Å²) in [6, 6.07) is 0. The fourth-order valence-electron chi connectivity index (χ4n) is 0.424. The van der Waals surface area contributed by atoms with Crippen LogP contribution in [0.25, 0.3) is 0 Å². The summed E-state index contributed by atoms with van der Waals surface area (Å²) < 4.78 is 3.49. The van der Waals surface area contributed by atoms with E-state index in [9.17, 15) is 0 Å². The molecule has 0 heterocycles. The summed E-state index contributed by atoms with van der Waals surface area (Å²) in [6.45, 7) is 1.23. The predicted molar refractivity (Wildman–Crippen MR) is 54.8 cm³/mol. The lowest BCUT2D eigenvalue weighted by Gasteiger charge is -2.03. The molecule has 0 aliphatic rings. The van der Waals surface area contributed by atoms with Crippen LogP contribution in [0.2, 0.25) is 0 Å². The molecular formula is C5H11I2N. The van der Waals surface area contributed by atoms with E-state index >= 15 is 0 Å². The van der Waals surface area contributed by atoms with Gasteiger partial charge in [0.2, 0.25) is 0 Å². The molecule has 0 rings (SSSR count). The lowest BCUT2D eigenvalue weighted by Crippen LogP contribution is -2.04. The highest BCUT2D eigenvalue weighted by Gasteiger charge is 1.88. The van der Waals surface area contributed by atoms with Gasteiger partial charge in [0.05, 0.1) is 0 Å². The molecule has 0 amide bonds. The lowest BCUT2D eigenvalue weighted by atomic mass is 10.3. The van der Waals surface area contributed by atoms with Gasteiger partial charge in [0.25, 0.3) is 0 Å². The molecule has 0 atom stereocenters. The molecule has 0 aromatic carbocycles. The Morgan fingerprint density at radius 1 is 1.38 bits per heavy atom. The largest absolute Gasteiger partial charge is 0.251 e. The van der Waals surface area contributed by atoms with Crippen LogP contribution in [0.15, 0.2) is 0 Å². The molecule has 0 bridgehead atoms. The maximum absolute atomic E-state index is 2.41. The third-order valence-electron chi connectivity index (χ3n) is 0.850. The van der Waals surface area contributed by atoms with Crippen LogP contribution in [0.3, 0.4) is 0 Å². The molecule has 0 aromatic rings. The van der Waals surface area contributed by atoms with Crippen molar-refractivity contribution in [1.82, 2.24) is 3.11 Å². The summed E-state index contributed by atoms with van der Waals surface area (Å²) in [4.78, 5) is 0. The summed E-state index contributed by atoms with van der Waals surface area (Å²) in [6.07, 6.45) is 2.69. The van der Waals surface area contributed by atoms with E-state index in [1.165, 1.54) is 23.8 Å². The zero-order valence-electron chi connectivity index (χ0n) is 5.03. The third-order valence-corrected chi connectivity index (χ3v) is 2.10. The van der Waals surface area contributed by atoms with Gasteiger partial charge in [-0.05, 0) is 24.3 Å². The van der Waals surface area contributed by atoms with E-state index in [1.54, 1.807) is 0 Å². The maximum atomic E-state index is 2.41. The summed E-state index contributed by atoms with van der Waals surface area (Å²) in [5, 5.41) is 0. The molecular weight excluding hydrogens is 328 g/mol. The molecule has 0 saturated heterocycles.